The second-order valence-corrected chi connectivity index (χ2v) is 8.97. The van der Waals surface area contributed by atoms with Gasteiger partial charge in [0.1, 0.15) is 0 Å². The van der Waals surface area contributed by atoms with Crippen molar-refractivity contribution in [3.05, 3.63) is 33.9 Å². The summed E-state index contributed by atoms with van der Waals surface area (Å²) in [5.74, 6) is 0.752. The third-order valence-electron chi connectivity index (χ3n) is 5.32. The predicted molar refractivity (Wildman–Crippen MR) is 95.0 cm³/mol. The Bertz CT molecular complexity index is 736. The number of nitrogens with zero attached hydrogens (tertiary/aromatic N) is 3. The Kier molecular flexibility index (Phi) is 5.41. The van der Waals surface area contributed by atoms with E-state index in [1.54, 1.807) is 6.92 Å². The van der Waals surface area contributed by atoms with E-state index in [4.69, 9.17) is 0 Å². The molecule has 0 unspecified atom stereocenters. The van der Waals surface area contributed by atoms with Crippen molar-refractivity contribution in [2.45, 2.75) is 37.5 Å². The quantitative estimate of drug-likeness (QED) is 0.589. The molecule has 0 atom stereocenters. The number of nitro groups is 1. The number of nitro benzene ring substituents is 1. The van der Waals surface area contributed by atoms with E-state index >= 15 is 0 Å². The zero-order valence-corrected chi connectivity index (χ0v) is 15.4. The highest BCUT2D eigenvalue weighted by molar-refractivity contribution is 7.89. The summed E-state index contributed by atoms with van der Waals surface area (Å²) >= 11 is 0. The third-order valence-corrected chi connectivity index (χ3v) is 7.36. The van der Waals surface area contributed by atoms with Crippen molar-refractivity contribution in [1.82, 2.24) is 9.21 Å². The van der Waals surface area contributed by atoms with Crippen LogP contribution >= 0.6 is 0 Å². The van der Waals surface area contributed by atoms with Gasteiger partial charge in [0.15, 0.2) is 0 Å². The monoisotopic (exact) mass is 367 g/mol. The van der Waals surface area contributed by atoms with Crippen LogP contribution in [0.5, 0.6) is 0 Å². The maximum absolute atomic E-state index is 12.9. The van der Waals surface area contributed by atoms with E-state index < -0.39 is 14.9 Å². The molecule has 1 aromatic carbocycles. The standard InChI is InChI=1S/C17H25N3O4S/c1-14-6-7-16(20(21)22)12-17(14)25(23,24)19-10-8-18(9-11-19)13-15-4-2-3-5-15/h6-7,12,15H,2-5,8-11,13H2,1H3. The normalized spacial score (nSPS) is 20.8. The smallest absolute Gasteiger partial charge is 0.270 e. The van der Waals surface area contributed by atoms with Gasteiger partial charge in [-0.3, -0.25) is 10.1 Å². The summed E-state index contributed by atoms with van der Waals surface area (Å²) in [6.45, 7) is 5.07. The average molecular weight is 367 g/mol. The lowest BCUT2D eigenvalue weighted by molar-refractivity contribution is -0.385. The molecule has 1 aliphatic carbocycles. The third kappa shape index (κ3) is 4.02. The molecule has 138 valence electrons. The van der Waals surface area contributed by atoms with E-state index in [0.29, 0.717) is 18.7 Å². The Morgan fingerprint density at radius 1 is 1.16 bits per heavy atom. The summed E-state index contributed by atoms with van der Waals surface area (Å²) < 4.78 is 27.3. The molecule has 2 fully saturated rings. The van der Waals surface area contributed by atoms with E-state index in [0.717, 1.165) is 25.6 Å². The highest BCUT2D eigenvalue weighted by Crippen LogP contribution is 2.28. The van der Waals surface area contributed by atoms with Gasteiger partial charge in [-0.15, -0.1) is 0 Å². The number of hydrogen-bond acceptors (Lipinski definition) is 5. The van der Waals surface area contributed by atoms with Crippen LogP contribution in [-0.2, 0) is 10.0 Å². The molecule has 3 rings (SSSR count). The van der Waals surface area contributed by atoms with Crippen molar-refractivity contribution < 1.29 is 13.3 Å². The van der Waals surface area contributed by atoms with Crippen LogP contribution in [0.2, 0.25) is 0 Å². The topological polar surface area (TPSA) is 83.8 Å². The minimum absolute atomic E-state index is 0.0472. The highest BCUT2D eigenvalue weighted by Gasteiger charge is 2.31. The molecule has 0 radical (unpaired) electrons. The van der Waals surface area contributed by atoms with Crippen LogP contribution in [-0.4, -0.2) is 55.3 Å². The van der Waals surface area contributed by atoms with Gasteiger partial charge >= 0.3 is 0 Å². The maximum atomic E-state index is 12.9. The molecule has 1 aromatic rings. The van der Waals surface area contributed by atoms with Crippen LogP contribution in [0.4, 0.5) is 5.69 Å². The van der Waals surface area contributed by atoms with Gasteiger partial charge in [0.2, 0.25) is 10.0 Å². The molecular weight excluding hydrogens is 342 g/mol. The predicted octanol–water partition coefficient (Wildman–Crippen LogP) is 2.40. The Hall–Kier alpha value is -1.51. The first-order valence-corrected chi connectivity index (χ1v) is 10.3. The minimum atomic E-state index is -3.70. The number of piperazine rings is 1. The molecule has 0 N–H and O–H groups in total. The maximum Gasteiger partial charge on any atom is 0.270 e. The highest BCUT2D eigenvalue weighted by atomic mass is 32.2. The summed E-state index contributed by atoms with van der Waals surface area (Å²) in [5, 5.41) is 11.0. The van der Waals surface area contributed by atoms with Gasteiger partial charge in [-0.25, -0.2) is 8.42 Å². The van der Waals surface area contributed by atoms with Gasteiger partial charge in [0.05, 0.1) is 9.82 Å². The second-order valence-electron chi connectivity index (χ2n) is 7.06. The molecule has 1 aliphatic heterocycles. The lowest BCUT2D eigenvalue weighted by Gasteiger charge is -2.35. The van der Waals surface area contributed by atoms with Crippen LogP contribution in [0, 0.1) is 23.0 Å². The van der Waals surface area contributed by atoms with E-state index in [9.17, 15) is 18.5 Å². The molecular formula is C17H25N3O4S. The summed E-state index contributed by atoms with van der Waals surface area (Å²) in [6.07, 6.45) is 5.19. The molecule has 0 bridgehead atoms. The van der Waals surface area contributed by atoms with E-state index in [2.05, 4.69) is 4.90 Å². The van der Waals surface area contributed by atoms with Crippen molar-refractivity contribution in [1.29, 1.82) is 0 Å². The van der Waals surface area contributed by atoms with E-state index in [1.165, 1.54) is 48.2 Å². The molecule has 25 heavy (non-hydrogen) atoms. The fraction of sp³-hybridized carbons (Fsp3) is 0.647. The van der Waals surface area contributed by atoms with Gasteiger partial charge < -0.3 is 4.90 Å². The minimum Gasteiger partial charge on any atom is -0.300 e. The number of rotatable bonds is 5. The van der Waals surface area contributed by atoms with Crippen molar-refractivity contribution in [2.24, 2.45) is 5.92 Å². The first kappa shape index (κ1) is 18.3. The van der Waals surface area contributed by atoms with Crippen LogP contribution in [0.1, 0.15) is 31.2 Å². The molecule has 7 nitrogen and oxygen atoms in total. The Balaban J connectivity index is 1.69. The molecule has 2 aliphatic rings. The van der Waals surface area contributed by atoms with Crippen LogP contribution in [0.3, 0.4) is 0 Å². The summed E-state index contributed by atoms with van der Waals surface area (Å²) in [4.78, 5) is 12.8. The summed E-state index contributed by atoms with van der Waals surface area (Å²) in [6, 6.07) is 4.02. The van der Waals surface area contributed by atoms with Gasteiger partial charge in [0, 0.05) is 44.9 Å². The molecule has 1 saturated carbocycles. The molecule has 1 saturated heterocycles. The zero-order valence-electron chi connectivity index (χ0n) is 14.6. The number of benzene rings is 1. The first-order chi connectivity index (χ1) is 11.9. The molecule has 0 spiro atoms. The number of non-ortho nitro benzene ring substituents is 1. The summed E-state index contributed by atoms with van der Waals surface area (Å²) in [5.41, 5.74) is 0.350. The Labute approximate surface area is 148 Å². The fourth-order valence-corrected chi connectivity index (χ4v) is 5.50. The van der Waals surface area contributed by atoms with Crippen LogP contribution < -0.4 is 0 Å². The van der Waals surface area contributed by atoms with Gasteiger partial charge in [0.25, 0.3) is 5.69 Å². The average Bonchev–Trinajstić information content (AvgIpc) is 3.08. The van der Waals surface area contributed by atoms with Crippen molar-refractivity contribution in [3.63, 3.8) is 0 Å². The number of hydrogen-bond donors (Lipinski definition) is 0. The van der Waals surface area contributed by atoms with Crippen LogP contribution in [0.15, 0.2) is 23.1 Å². The molecule has 1 heterocycles. The number of aryl methyl sites for hydroxylation is 1. The van der Waals surface area contributed by atoms with E-state index in [-0.39, 0.29) is 10.6 Å². The summed E-state index contributed by atoms with van der Waals surface area (Å²) in [7, 11) is -3.70. The largest absolute Gasteiger partial charge is 0.300 e. The Morgan fingerprint density at radius 3 is 2.40 bits per heavy atom. The number of sulfonamides is 1. The molecule has 0 amide bonds. The fourth-order valence-electron chi connectivity index (χ4n) is 3.83. The molecule has 0 aromatic heterocycles. The van der Waals surface area contributed by atoms with Gasteiger partial charge in [-0.2, -0.15) is 4.31 Å². The SMILES string of the molecule is Cc1ccc([N+](=O)[O-])cc1S(=O)(=O)N1CCN(CC2CCCC2)CC1. The van der Waals surface area contributed by atoms with Crippen molar-refractivity contribution in [2.75, 3.05) is 32.7 Å². The van der Waals surface area contributed by atoms with Crippen molar-refractivity contribution >= 4 is 15.7 Å². The van der Waals surface area contributed by atoms with Crippen molar-refractivity contribution in [3.8, 4) is 0 Å². The second kappa shape index (κ2) is 7.39. The van der Waals surface area contributed by atoms with Gasteiger partial charge in [-0.1, -0.05) is 18.9 Å². The van der Waals surface area contributed by atoms with E-state index in [1.807, 2.05) is 0 Å². The lowest BCUT2D eigenvalue weighted by atomic mass is 10.1. The lowest BCUT2D eigenvalue weighted by Crippen LogP contribution is -2.49. The first-order valence-electron chi connectivity index (χ1n) is 8.85. The Morgan fingerprint density at radius 2 is 1.80 bits per heavy atom. The van der Waals surface area contributed by atoms with Crippen LogP contribution in [0.25, 0.3) is 0 Å². The van der Waals surface area contributed by atoms with Gasteiger partial charge in [-0.05, 0) is 31.2 Å². The zero-order chi connectivity index (χ0) is 18.0. The molecule has 8 heteroatoms.